The molecule has 0 aliphatic heterocycles. The fourth-order valence-corrected chi connectivity index (χ4v) is 1.20. The van der Waals surface area contributed by atoms with Crippen LogP contribution in [0.3, 0.4) is 0 Å². The summed E-state index contributed by atoms with van der Waals surface area (Å²) in [6, 6.07) is 0. The zero-order valence-electron chi connectivity index (χ0n) is 8.93. The van der Waals surface area contributed by atoms with Crippen molar-refractivity contribution in [3.05, 3.63) is 43.6 Å². The second-order valence-corrected chi connectivity index (χ2v) is 3.15. The van der Waals surface area contributed by atoms with Gasteiger partial charge in [0.2, 0.25) is 0 Å². The van der Waals surface area contributed by atoms with Crippen LogP contribution in [-0.2, 0) is 20.6 Å². The van der Waals surface area contributed by atoms with Crippen LogP contribution in [0.4, 0.5) is 0 Å². The van der Waals surface area contributed by atoms with E-state index in [2.05, 4.69) is 0 Å². The standard InChI is InChI=1S/C9H13N3O3/c1-4-5-6-12-8(14)10(2)7(13)11(3)9(12)15/h4-5H,6H2,1-3H3. The predicted octanol–water partition coefficient (Wildman–Crippen LogP) is -1.18. The smallest absolute Gasteiger partial charge is 0.248 e. The third-order valence-corrected chi connectivity index (χ3v) is 2.13. The molecule has 0 radical (unpaired) electrons. The highest BCUT2D eigenvalue weighted by molar-refractivity contribution is 4.83. The summed E-state index contributed by atoms with van der Waals surface area (Å²) in [4.78, 5) is 34.4. The average molecular weight is 211 g/mol. The molecule has 1 aromatic rings. The van der Waals surface area contributed by atoms with Gasteiger partial charge in [-0.2, -0.15) is 0 Å². The van der Waals surface area contributed by atoms with E-state index in [1.807, 2.05) is 0 Å². The second-order valence-electron chi connectivity index (χ2n) is 3.15. The minimum atomic E-state index is -0.610. The van der Waals surface area contributed by atoms with Gasteiger partial charge in [-0.05, 0) is 6.92 Å². The zero-order valence-corrected chi connectivity index (χ0v) is 8.93. The Morgan fingerprint density at radius 3 is 1.87 bits per heavy atom. The van der Waals surface area contributed by atoms with Crippen molar-refractivity contribution in [1.82, 2.24) is 13.7 Å². The van der Waals surface area contributed by atoms with Crippen LogP contribution in [0.1, 0.15) is 6.92 Å². The molecule has 0 aliphatic rings. The summed E-state index contributed by atoms with van der Waals surface area (Å²) in [5, 5.41) is 0. The van der Waals surface area contributed by atoms with Crippen molar-refractivity contribution in [1.29, 1.82) is 0 Å². The molecular weight excluding hydrogens is 198 g/mol. The molecule has 6 nitrogen and oxygen atoms in total. The molecule has 0 amide bonds. The number of nitrogens with zero attached hydrogens (tertiary/aromatic N) is 3. The fourth-order valence-electron chi connectivity index (χ4n) is 1.20. The normalized spacial score (nSPS) is 11.1. The highest BCUT2D eigenvalue weighted by Crippen LogP contribution is 1.75. The van der Waals surface area contributed by atoms with E-state index in [4.69, 9.17) is 0 Å². The van der Waals surface area contributed by atoms with Crippen LogP contribution in [0.15, 0.2) is 26.5 Å². The zero-order chi connectivity index (χ0) is 11.6. The van der Waals surface area contributed by atoms with Crippen molar-refractivity contribution in [2.45, 2.75) is 13.5 Å². The molecule has 6 heteroatoms. The Balaban J connectivity index is 3.61. The first-order valence-corrected chi connectivity index (χ1v) is 4.48. The lowest BCUT2D eigenvalue weighted by Gasteiger charge is -2.06. The molecule has 0 fully saturated rings. The van der Waals surface area contributed by atoms with Gasteiger partial charge in [-0.1, -0.05) is 12.2 Å². The summed E-state index contributed by atoms with van der Waals surface area (Å²) in [5.41, 5.74) is -1.80. The summed E-state index contributed by atoms with van der Waals surface area (Å²) in [6.45, 7) is 1.97. The maximum absolute atomic E-state index is 11.5. The van der Waals surface area contributed by atoms with E-state index in [0.717, 1.165) is 13.7 Å². The summed E-state index contributed by atoms with van der Waals surface area (Å²) in [6.07, 6.45) is 3.41. The highest BCUT2D eigenvalue weighted by atomic mass is 16.2. The molecule has 0 saturated carbocycles. The molecule has 0 unspecified atom stereocenters. The van der Waals surface area contributed by atoms with Gasteiger partial charge in [-0.25, -0.2) is 28.1 Å². The Morgan fingerprint density at radius 1 is 1.00 bits per heavy atom. The second kappa shape index (κ2) is 4.12. The van der Waals surface area contributed by atoms with Gasteiger partial charge >= 0.3 is 17.1 Å². The first-order chi connectivity index (χ1) is 7.00. The predicted molar refractivity (Wildman–Crippen MR) is 56.0 cm³/mol. The average Bonchev–Trinajstić information content (AvgIpc) is 2.24. The number of allylic oxidation sites excluding steroid dienone is 2. The number of aromatic nitrogens is 3. The first kappa shape index (κ1) is 11.2. The first-order valence-electron chi connectivity index (χ1n) is 4.48. The van der Waals surface area contributed by atoms with Crippen LogP contribution >= 0.6 is 0 Å². The van der Waals surface area contributed by atoms with E-state index < -0.39 is 17.1 Å². The summed E-state index contributed by atoms with van der Waals surface area (Å²) < 4.78 is 2.82. The van der Waals surface area contributed by atoms with Crippen molar-refractivity contribution in [3.63, 3.8) is 0 Å². The van der Waals surface area contributed by atoms with E-state index in [1.54, 1.807) is 19.1 Å². The van der Waals surface area contributed by atoms with Crippen LogP contribution in [0, 0.1) is 0 Å². The summed E-state index contributed by atoms with van der Waals surface area (Å²) >= 11 is 0. The molecule has 1 aromatic heterocycles. The molecule has 1 heterocycles. The van der Waals surface area contributed by atoms with E-state index in [9.17, 15) is 14.4 Å². The van der Waals surface area contributed by atoms with Gasteiger partial charge in [-0.15, -0.1) is 0 Å². The maximum Gasteiger partial charge on any atom is 0.336 e. The molecule has 0 atom stereocenters. The summed E-state index contributed by atoms with van der Waals surface area (Å²) in [5.74, 6) is 0. The number of hydrogen-bond acceptors (Lipinski definition) is 3. The molecule has 82 valence electrons. The van der Waals surface area contributed by atoms with Gasteiger partial charge in [0.25, 0.3) is 0 Å². The van der Waals surface area contributed by atoms with Crippen molar-refractivity contribution in [3.8, 4) is 0 Å². The van der Waals surface area contributed by atoms with Gasteiger partial charge < -0.3 is 0 Å². The summed E-state index contributed by atoms with van der Waals surface area (Å²) in [7, 11) is 2.69. The van der Waals surface area contributed by atoms with Crippen molar-refractivity contribution in [2.75, 3.05) is 0 Å². The van der Waals surface area contributed by atoms with Crippen LogP contribution < -0.4 is 17.1 Å². The minimum absolute atomic E-state index is 0.177. The van der Waals surface area contributed by atoms with Gasteiger partial charge in [0.1, 0.15) is 0 Å². The minimum Gasteiger partial charge on any atom is -0.248 e. The number of rotatable bonds is 2. The van der Waals surface area contributed by atoms with Gasteiger partial charge in [0.15, 0.2) is 0 Å². The lowest BCUT2D eigenvalue weighted by Crippen LogP contribution is -2.52. The van der Waals surface area contributed by atoms with Crippen molar-refractivity contribution < 1.29 is 0 Å². The van der Waals surface area contributed by atoms with E-state index in [-0.39, 0.29) is 6.54 Å². The molecule has 0 aliphatic carbocycles. The van der Waals surface area contributed by atoms with E-state index >= 15 is 0 Å². The molecule has 1 rings (SSSR count). The highest BCUT2D eigenvalue weighted by Gasteiger charge is 2.08. The molecule has 15 heavy (non-hydrogen) atoms. The molecule has 0 bridgehead atoms. The SMILES string of the molecule is CC=CCn1c(=O)n(C)c(=O)n(C)c1=O. The molecular formula is C9H13N3O3. The van der Waals surface area contributed by atoms with E-state index in [1.165, 1.54) is 14.1 Å². The Labute approximate surface area is 85.7 Å². The van der Waals surface area contributed by atoms with Gasteiger partial charge in [-0.3, -0.25) is 0 Å². The van der Waals surface area contributed by atoms with Crippen LogP contribution in [-0.4, -0.2) is 13.7 Å². The molecule has 0 spiro atoms. The van der Waals surface area contributed by atoms with E-state index in [0.29, 0.717) is 0 Å². The van der Waals surface area contributed by atoms with Gasteiger partial charge in [0.05, 0.1) is 6.54 Å². The van der Waals surface area contributed by atoms with Crippen molar-refractivity contribution in [2.24, 2.45) is 14.1 Å². The third-order valence-electron chi connectivity index (χ3n) is 2.13. The fraction of sp³-hybridized carbons (Fsp3) is 0.444. The lowest BCUT2D eigenvalue weighted by atomic mass is 10.5. The topological polar surface area (TPSA) is 66.0 Å². The Morgan fingerprint density at radius 2 is 1.47 bits per heavy atom. The van der Waals surface area contributed by atoms with Crippen LogP contribution in [0.5, 0.6) is 0 Å². The Bertz CT molecular complexity index is 519. The molecule has 0 N–H and O–H groups in total. The van der Waals surface area contributed by atoms with Crippen LogP contribution in [0.25, 0.3) is 0 Å². The van der Waals surface area contributed by atoms with Crippen molar-refractivity contribution >= 4 is 0 Å². The monoisotopic (exact) mass is 211 g/mol. The number of hydrogen-bond donors (Lipinski definition) is 0. The Kier molecular flexibility index (Phi) is 3.08. The quantitative estimate of drug-likeness (QED) is 0.578. The Hall–Kier alpha value is -1.85. The largest absolute Gasteiger partial charge is 0.336 e. The molecule has 0 aromatic carbocycles. The maximum atomic E-state index is 11.5. The molecule has 0 saturated heterocycles. The lowest BCUT2D eigenvalue weighted by molar-refractivity contribution is 0.532. The van der Waals surface area contributed by atoms with Gasteiger partial charge in [0, 0.05) is 14.1 Å². The van der Waals surface area contributed by atoms with Crippen LogP contribution in [0.2, 0.25) is 0 Å². The third kappa shape index (κ3) is 1.83.